The second kappa shape index (κ2) is 9.01. The molecule has 5 nitrogen and oxygen atoms in total. The Morgan fingerprint density at radius 1 is 1.07 bits per heavy atom. The van der Waals surface area contributed by atoms with E-state index in [1.54, 1.807) is 29.2 Å². The molecule has 1 heterocycles. The molecule has 2 aromatic carbocycles. The van der Waals surface area contributed by atoms with Crippen molar-refractivity contribution in [2.45, 2.75) is 25.9 Å². The van der Waals surface area contributed by atoms with Crippen molar-refractivity contribution in [3.05, 3.63) is 76.9 Å². The van der Waals surface area contributed by atoms with E-state index in [9.17, 15) is 14.9 Å². The van der Waals surface area contributed by atoms with Crippen molar-refractivity contribution in [1.29, 1.82) is 5.26 Å². The molecule has 0 bridgehead atoms. The van der Waals surface area contributed by atoms with Gasteiger partial charge in [0.05, 0.1) is 0 Å². The fourth-order valence-electron chi connectivity index (χ4n) is 3.13. The molecule has 1 amide bonds. The maximum atomic E-state index is 12.9. The summed E-state index contributed by atoms with van der Waals surface area (Å²) in [7, 11) is 0. The largest absolute Gasteiger partial charge is 0.443 e. The fraction of sp³-hybridized carbons (Fsp3) is 0.261. The molecule has 0 radical (unpaired) electrons. The smallest absolute Gasteiger partial charge is 0.350 e. The number of amides is 1. The zero-order chi connectivity index (χ0) is 19.9. The summed E-state index contributed by atoms with van der Waals surface area (Å²) in [5, 5.41) is 9.43. The molecule has 0 aliphatic carbocycles. The average Bonchev–Trinajstić information content (AvgIpc) is 3.26. The van der Waals surface area contributed by atoms with Crippen molar-refractivity contribution in [2.75, 3.05) is 13.1 Å². The zero-order valence-corrected chi connectivity index (χ0v) is 15.8. The third-order valence-corrected chi connectivity index (χ3v) is 4.70. The Morgan fingerprint density at radius 2 is 1.71 bits per heavy atom. The molecule has 0 unspecified atom stereocenters. The number of nitriles is 1. The summed E-state index contributed by atoms with van der Waals surface area (Å²) in [6.45, 7) is 3.27. The molecule has 28 heavy (non-hydrogen) atoms. The minimum absolute atomic E-state index is 0.140. The summed E-state index contributed by atoms with van der Waals surface area (Å²) in [4.78, 5) is 27.3. The van der Waals surface area contributed by atoms with Crippen LogP contribution in [0.2, 0.25) is 0 Å². The van der Waals surface area contributed by atoms with E-state index in [4.69, 9.17) is 4.74 Å². The molecule has 0 N–H and O–H groups in total. The number of ether oxygens (including phenoxy) is 1. The van der Waals surface area contributed by atoms with E-state index in [1.807, 2.05) is 43.3 Å². The van der Waals surface area contributed by atoms with E-state index < -0.39 is 12.1 Å². The lowest BCUT2D eigenvalue weighted by Gasteiger charge is -2.23. The van der Waals surface area contributed by atoms with Gasteiger partial charge < -0.3 is 9.64 Å². The normalized spacial score (nSPS) is 15.0. The fourth-order valence-corrected chi connectivity index (χ4v) is 3.13. The van der Waals surface area contributed by atoms with Gasteiger partial charge in [0.2, 0.25) is 6.10 Å². The molecule has 1 aliphatic rings. The predicted molar refractivity (Wildman–Crippen MR) is 106 cm³/mol. The van der Waals surface area contributed by atoms with Gasteiger partial charge in [-0.1, -0.05) is 60.2 Å². The minimum Gasteiger partial charge on any atom is -0.443 e. The highest BCUT2D eigenvalue weighted by molar-refractivity contribution is 5.99. The number of benzene rings is 2. The Balaban J connectivity index is 1.84. The Bertz CT molecular complexity index is 905. The van der Waals surface area contributed by atoms with Crippen molar-refractivity contribution in [1.82, 2.24) is 4.90 Å². The van der Waals surface area contributed by atoms with Crippen LogP contribution in [-0.4, -0.2) is 29.9 Å². The molecular weight excluding hydrogens is 352 g/mol. The molecule has 1 saturated heterocycles. The number of likely N-dealkylation sites (tertiary alicyclic amines) is 1. The highest BCUT2D eigenvalue weighted by Crippen LogP contribution is 2.24. The maximum Gasteiger partial charge on any atom is 0.350 e. The maximum absolute atomic E-state index is 12.9. The van der Waals surface area contributed by atoms with E-state index in [0.29, 0.717) is 18.7 Å². The van der Waals surface area contributed by atoms with Crippen LogP contribution in [0.25, 0.3) is 6.08 Å². The number of rotatable bonds is 5. The summed E-state index contributed by atoms with van der Waals surface area (Å²) >= 11 is 0. The monoisotopic (exact) mass is 374 g/mol. The van der Waals surface area contributed by atoms with Crippen LogP contribution >= 0.6 is 0 Å². The molecule has 1 fully saturated rings. The van der Waals surface area contributed by atoms with E-state index in [-0.39, 0.29) is 11.5 Å². The Morgan fingerprint density at radius 3 is 2.32 bits per heavy atom. The van der Waals surface area contributed by atoms with E-state index in [2.05, 4.69) is 0 Å². The van der Waals surface area contributed by atoms with Crippen molar-refractivity contribution in [3.63, 3.8) is 0 Å². The number of hydrogen-bond acceptors (Lipinski definition) is 4. The lowest BCUT2D eigenvalue weighted by atomic mass is 10.1. The van der Waals surface area contributed by atoms with Crippen molar-refractivity contribution in [2.24, 2.45) is 0 Å². The number of aryl methyl sites for hydroxylation is 1. The van der Waals surface area contributed by atoms with Crippen LogP contribution in [-0.2, 0) is 14.3 Å². The first kappa shape index (κ1) is 19.4. The Labute approximate surface area is 164 Å². The van der Waals surface area contributed by atoms with Gasteiger partial charge in [-0.3, -0.25) is 4.79 Å². The minimum atomic E-state index is -1.05. The van der Waals surface area contributed by atoms with Gasteiger partial charge in [-0.2, -0.15) is 5.26 Å². The molecule has 2 aromatic rings. The van der Waals surface area contributed by atoms with E-state index in [0.717, 1.165) is 24.0 Å². The van der Waals surface area contributed by atoms with Gasteiger partial charge >= 0.3 is 5.97 Å². The molecule has 0 saturated carbocycles. The summed E-state index contributed by atoms with van der Waals surface area (Å²) in [6, 6.07) is 18.3. The second-order valence-corrected chi connectivity index (χ2v) is 6.81. The van der Waals surface area contributed by atoms with Crippen molar-refractivity contribution < 1.29 is 14.3 Å². The molecule has 3 rings (SSSR count). The predicted octanol–water partition coefficient (Wildman–Crippen LogP) is 3.81. The second-order valence-electron chi connectivity index (χ2n) is 6.81. The Kier molecular flexibility index (Phi) is 6.23. The average molecular weight is 374 g/mol. The Hall–Kier alpha value is -3.39. The van der Waals surface area contributed by atoms with Crippen LogP contribution in [0.5, 0.6) is 0 Å². The standard InChI is InChI=1S/C23H22N2O3/c1-17-9-11-18(12-10-17)15-20(16-24)23(27)28-21(19-7-3-2-4-8-19)22(26)25-13-5-6-14-25/h2-4,7-12,15,21H,5-6,13-14H2,1H3/b20-15+/t21-/m1/s1. The summed E-state index contributed by atoms with van der Waals surface area (Å²) in [6.07, 6.45) is 2.31. The third kappa shape index (κ3) is 4.66. The number of carbonyl (C=O) groups excluding carboxylic acids is 2. The topological polar surface area (TPSA) is 70.4 Å². The van der Waals surface area contributed by atoms with Crippen molar-refractivity contribution in [3.8, 4) is 6.07 Å². The first-order valence-electron chi connectivity index (χ1n) is 9.31. The van der Waals surface area contributed by atoms with Gasteiger partial charge in [0.25, 0.3) is 5.91 Å². The van der Waals surface area contributed by atoms with Gasteiger partial charge in [-0.05, 0) is 31.4 Å². The molecule has 0 spiro atoms. The van der Waals surface area contributed by atoms with Crippen LogP contribution in [0.4, 0.5) is 0 Å². The summed E-state index contributed by atoms with van der Waals surface area (Å²) < 4.78 is 5.54. The summed E-state index contributed by atoms with van der Waals surface area (Å²) in [5.74, 6) is -1.05. The zero-order valence-electron chi connectivity index (χ0n) is 15.8. The van der Waals surface area contributed by atoms with Gasteiger partial charge in [-0.15, -0.1) is 0 Å². The summed E-state index contributed by atoms with van der Waals surface area (Å²) in [5.41, 5.74) is 2.26. The van der Waals surface area contributed by atoms with Crippen LogP contribution in [0, 0.1) is 18.3 Å². The van der Waals surface area contributed by atoms with Crippen LogP contribution < -0.4 is 0 Å². The van der Waals surface area contributed by atoms with Crippen molar-refractivity contribution >= 4 is 18.0 Å². The number of nitrogens with zero attached hydrogens (tertiary/aromatic N) is 2. The molecule has 1 atom stereocenters. The van der Waals surface area contributed by atoms with Gasteiger partial charge in [0.1, 0.15) is 11.6 Å². The third-order valence-electron chi connectivity index (χ3n) is 4.70. The van der Waals surface area contributed by atoms with Crippen LogP contribution in [0.1, 0.15) is 35.6 Å². The molecule has 0 aromatic heterocycles. The van der Waals surface area contributed by atoms with Crippen LogP contribution in [0.15, 0.2) is 60.2 Å². The quantitative estimate of drug-likeness (QED) is 0.453. The van der Waals surface area contributed by atoms with E-state index >= 15 is 0 Å². The van der Waals surface area contributed by atoms with Gasteiger partial charge in [0, 0.05) is 18.7 Å². The highest BCUT2D eigenvalue weighted by atomic mass is 16.5. The first-order chi connectivity index (χ1) is 13.6. The van der Waals surface area contributed by atoms with Crippen LogP contribution in [0.3, 0.4) is 0 Å². The number of carbonyl (C=O) groups is 2. The number of esters is 1. The number of hydrogen-bond donors (Lipinski definition) is 0. The SMILES string of the molecule is Cc1ccc(/C=C(\C#N)C(=O)O[C@@H](C(=O)N2CCCC2)c2ccccc2)cc1. The van der Waals surface area contributed by atoms with Gasteiger partial charge in [0.15, 0.2) is 0 Å². The molecule has 1 aliphatic heterocycles. The molecular formula is C23H22N2O3. The lowest BCUT2D eigenvalue weighted by molar-refractivity contribution is -0.157. The van der Waals surface area contributed by atoms with Gasteiger partial charge in [-0.25, -0.2) is 4.79 Å². The highest BCUT2D eigenvalue weighted by Gasteiger charge is 2.31. The molecule has 142 valence electrons. The lowest BCUT2D eigenvalue weighted by Crippen LogP contribution is -2.35. The van der Waals surface area contributed by atoms with E-state index in [1.165, 1.54) is 6.08 Å². The first-order valence-corrected chi connectivity index (χ1v) is 9.31. The molecule has 5 heteroatoms.